The molecule has 0 radical (unpaired) electrons. The molecule has 0 fully saturated rings. The van der Waals surface area contributed by atoms with E-state index in [1.807, 2.05) is 13.0 Å². The van der Waals surface area contributed by atoms with Gasteiger partial charge in [-0.1, -0.05) is 25.4 Å². The number of thiophene rings is 1. The summed E-state index contributed by atoms with van der Waals surface area (Å²) in [5.74, 6) is 0. The Morgan fingerprint density at radius 1 is 1.38 bits per heavy atom. The summed E-state index contributed by atoms with van der Waals surface area (Å²) in [5, 5.41) is 3.47. The van der Waals surface area contributed by atoms with Crippen molar-refractivity contribution in [3.63, 3.8) is 0 Å². The van der Waals surface area contributed by atoms with Crippen LogP contribution in [0.5, 0.6) is 0 Å². The summed E-state index contributed by atoms with van der Waals surface area (Å²) in [7, 11) is 0. The van der Waals surface area contributed by atoms with Gasteiger partial charge < -0.3 is 10.1 Å². The zero-order valence-corrected chi connectivity index (χ0v) is 11.7. The van der Waals surface area contributed by atoms with E-state index in [0.717, 1.165) is 23.9 Å². The molecule has 0 spiro atoms. The van der Waals surface area contributed by atoms with Crippen LogP contribution in [0.4, 0.5) is 0 Å². The molecule has 0 aliphatic rings. The van der Waals surface area contributed by atoms with E-state index in [2.05, 4.69) is 25.2 Å². The molecular weight excluding hydrogens is 242 g/mol. The van der Waals surface area contributed by atoms with Crippen LogP contribution in [-0.4, -0.2) is 19.3 Å². The normalized spacial score (nSPS) is 15.0. The van der Waals surface area contributed by atoms with Crippen molar-refractivity contribution in [1.29, 1.82) is 0 Å². The highest BCUT2D eigenvalue weighted by Crippen LogP contribution is 2.30. The van der Waals surface area contributed by atoms with E-state index < -0.39 is 0 Å². The average molecular weight is 262 g/mol. The summed E-state index contributed by atoms with van der Waals surface area (Å²) in [5.41, 5.74) is 0. The highest BCUT2D eigenvalue weighted by Gasteiger charge is 2.22. The number of rotatable bonds is 7. The van der Waals surface area contributed by atoms with Gasteiger partial charge in [-0.25, -0.2) is 0 Å². The van der Waals surface area contributed by atoms with Gasteiger partial charge in [0.15, 0.2) is 0 Å². The molecule has 0 saturated carbocycles. The van der Waals surface area contributed by atoms with Gasteiger partial charge in [-0.05, 0) is 32.0 Å². The van der Waals surface area contributed by atoms with Crippen LogP contribution in [-0.2, 0) is 4.74 Å². The second-order valence-electron chi connectivity index (χ2n) is 3.58. The van der Waals surface area contributed by atoms with Crippen LogP contribution < -0.4 is 5.32 Å². The maximum atomic E-state index is 5.98. The Morgan fingerprint density at radius 3 is 2.56 bits per heavy atom. The van der Waals surface area contributed by atoms with Gasteiger partial charge in [0, 0.05) is 11.5 Å². The fourth-order valence-corrected chi connectivity index (χ4v) is 2.98. The lowest BCUT2D eigenvalue weighted by atomic mass is 10.1. The fourth-order valence-electron chi connectivity index (χ4n) is 1.79. The van der Waals surface area contributed by atoms with E-state index in [4.69, 9.17) is 16.3 Å². The smallest absolute Gasteiger partial charge is 0.0931 e. The molecule has 1 N–H and O–H groups in total. The molecule has 0 bridgehead atoms. The van der Waals surface area contributed by atoms with Crippen LogP contribution in [0, 0.1) is 0 Å². The van der Waals surface area contributed by atoms with Gasteiger partial charge in [-0.3, -0.25) is 0 Å². The van der Waals surface area contributed by atoms with E-state index in [9.17, 15) is 0 Å². The van der Waals surface area contributed by atoms with E-state index in [-0.39, 0.29) is 12.1 Å². The Balaban J connectivity index is 2.79. The van der Waals surface area contributed by atoms with Gasteiger partial charge in [0.1, 0.15) is 0 Å². The minimum Gasteiger partial charge on any atom is -0.377 e. The minimum absolute atomic E-state index is 0.222. The first-order chi connectivity index (χ1) is 7.72. The zero-order chi connectivity index (χ0) is 12.0. The maximum Gasteiger partial charge on any atom is 0.0931 e. The third-order valence-electron chi connectivity index (χ3n) is 2.48. The molecule has 1 aromatic rings. The number of ether oxygens (including phenoxy) is 1. The molecular formula is C12H20ClNOS. The van der Waals surface area contributed by atoms with E-state index in [1.165, 1.54) is 4.88 Å². The lowest BCUT2D eigenvalue weighted by Gasteiger charge is -2.25. The highest BCUT2D eigenvalue weighted by molar-refractivity contribution is 7.16. The van der Waals surface area contributed by atoms with Crippen molar-refractivity contribution in [3.05, 3.63) is 21.3 Å². The van der Waals surface area contributed by atoms with Gasteiger partial charge in [0.05, 0.1) is 16.5 Å². The Hall–Kier alpha value is -0.0900. The first kappa shape index (κ1) is 14.0. The molecule has 0 aliphatic heterocycles. The molecule has 2 nitrogen and oxygen atoms in total. The summed E-state index contributed by atoms with van der Waals surface area (Å²) >= 11 is 7.61. The van der Waals surface area contributed by atoms with Crippen LogP contribution in [0.3, 0.4) is 0 Å². The molecule has 0 aliphatic carbocycles. The third kappa shape index (κ3) is 3.74. The molecule has 4 heteroatoms. The summed E-state index contributed by atoms with van der Waals surface area (Å²) < 4.78 is 6.61. The van der Waals surface area contributed by atoms with Crippen LogP contribution >= 0.6 is 22.9 Å². The SMILES string of the molecule is CCNC(c1ccc(Cl)s1)C(CC)OCC. The molecule has 1 aromatic heterocycles. The van der Waals surface area contributed by atoms with Crippen LogP contribution in [0.25, 0.3) is 0 Å². The molecule has 16 heavy (non-hydrogen) atoms. The quantitative estimate of drug-likeness (QED) is 0.805. The molecule has 92 valence electrons. The van der Waals surface area contributed by atoms with E-state index in [0.29, 0.717) is 0 Å². The van der Waals surface area contributed by atoms with Crippen molar-refractivity contribution in [2.75, 3.05) is 13.2 Å². The number of halogens is 1. The van der Waals surface area contributed by atoms with Gasteiger partial charge in [0.2, 0.25) is 0 Å². The molecule has 2 unspecified atom stereocenters. The van der Waals surface area contributed by atoms with Crippen molar-refractivity contribution < 1.29 is 4.74 Å². The first-order valence-corrected chi connectivity index (χ1v) is 7.02. The number of hydrogen-bond donors (Lipinski definition) is 1. The minimum atomic E-state index is 0.222. The molecule has 0 saturated heterocycles. The van der Waals surface area contributed by atoms with Gasteiger partial charge >= 0.3 is 0 Å². The number of likely N-dealkylation sites (N-methyl/N-ethyl adjacent to an activating group) is 1. The molecule has 1 heterocycles. The van der Waals surface area contributed by atoms with Crippen molar-refractivity contribution in [1.82, 2.24) is 5.32 Å². The van der Waals surface area contributed by atoms with Crippen molar-refractivity contribution in [3.8, 4) is 0 Å². The Kier molecular flexibility index (Phi) is 6.36. The van der Waals surface area contributed by atoms with E-state index in [1.54, 1.807) is 11.3 Å². The number of hydrogen-bond acceptors (Lipinski definition) is 3. The standard InChI is InChI=1S/C12H20ClNOS/c1-4-9(15-6-3)12(14-5-2)10-7-8-11(13)16-10/h7-9,12,14H,4-6H2,1-3H3. The lowest BCUT2D eigenvalue weighted by molar-refractivity contribution is 0.0327. The zero-order valence-electron chi connectivity index (χ0n) is 10.1. The Labute approximate surface area is 107 Å². The largest absolute Gasteiger partial charge is 0.377 e. The summed E-state index contributed by atoms with van der Waals surface area (Å²) in [4.78, 5) is 1.26. The van der Waals surface area contributed by atoms with E-state index >= 15 is 0 Å². The van der Waals surface area contributed by atoms with Gasteiger partial charge in [0.25, 0.3) is 0 Å². The predicted octanol–water partition coefficient (Wildman–Crippen LogP) is 3.87. The van der Waals surface area contributed by atoms with Crippen molar-refractivity contribution >= 4 is 22.9 Å². The second kappa shape index (κ2) is 7.28. The number of nitrogens with one attached hydrogen (secondary N) is 1. The molecule has 0 amide bonds. The summed E-state index contributed by atoms with van der Waals surface area (Å²) in [6.07, 6.45) is 1.22. The van der Waals surface area contributed by atoms with Gasteiger partial charge in [-0.2, -0.15) is 0 Å². The van der Waals surface area contributed by atoms with Crippen molar-refractivity contribution in [2.24, 2.45) is 0 Å². The van der Waals surface area contributed by atoms with Crippen LogP contribution in [0.15, 0.2) is 12.1 Å². The van der Waals surface area contributed by atoms with Crippen LogP contribution in [0.2, 0.25) is 4.34 Å². The highest BCUT2D eigenvalue weighted by atomic mass is 35.5. The Bertz CT molecular complexity index is 303. The topological polar surface area (TPSA) is 21.3 Å². The molecule has 2 atom stereocenters. The Morgan fingerprint density at radius 2 is 2.12 bits per heavy atom. The van der Waals surface area contributed by atoms with Crippen molar-refractivity contribution in [2.45, 2.75) is 39.3 Å². The predicted molar refractivity (Wildman–Crippen MR) is 71.5 cm³/mol. The van der Waals surface area contributed by atoms with Gasteiger partial charge in [-0.15, -0.1) is 11.3 Å². The second-order valence-corrected chi connectivity index (χ2v) is 5.33. The third-order valence-corrected chi connectivity index (χ3v) is 3.79. The first-order valence-electron chi connectivity index (χ1n) is 5.83. The summed E-state index contributed by atoms with van der Waals surface area (Å²) in [6.45, 7) is 7.98. The average Bonchev–Trinajstić information content (AvgIpc) is 2.70. The molecule has 1 rings (SSSR count). The lowest BCUT2D eigenvalue weighted by Crippen LogP contribution is -2.33. The summed E-state index contributed by atoms with van der Waals surface area (Å²) in [6, 6.07) is 4.29. The molecule has 0 aromatic carbocycles. The fraction of sp³-hybridized carbons (Fsp3) is 0.667. The van der Waals surface area contributed by atoms with Crippen LogP contribution in [0.1, 0.15) is 38.1 Å². The monoisotopic (exact) mass is 261 g/mol. The maximum absolute atomic E-state index is 5.98.